The fraction of sp³-hybridized carbons (Fsp3) is 0.250. The molecule has 0 bridgehead atoms. The van der Waals surface area contributed by atoms with Crippen molar-refractivity contribution in [2.75, 3.05) is 18.0 Å². The highest BCUT2D eigenvalue weighted by Crippen LogP contribution is 2.24. The van der Waals surface area contributed by atoms with Crippen LogP contribution in [0.1, 0.15) is 29.7 Å². The highest BCUT2D eigenvalue weighted by atomic mass is 19.1. The van der Waals surface area contributed by atoms with Gasteiger partial charge in [0.1, 0.15) is 11.9 Å². The molecule has 0 unspecified atom stereocenters. The molecule has 5 heteroatoms. The van der Waals surface area contributed by atoms with Crippen molar-refractivity contribution < 1.29 is 4.39 Å². The van der Waals surface area contributed by atoms with Gasteiger partial charge in [0.2, 0.25) is 5.95 Å². The van der Waals surface area contributed by atoms with Crippen molar-refractivity contribution in [3.8, 4) is 17.9 Å². The zero-order chi connectivity index (χ0) is 17.6. The van der Waals surface area contributed by atoms with Crippen LogP contribution in [0.15, 0.2) is 42.1 Å². The fourth-order valence-corrected chi connectivity index (χ4v) is 2.72. The summed E-state index contributed by atoms with van der Waals surface area (Å²) in [5.41, 5.74) is 3.39. The van der Waals surface area contributed by atoms with Crippen LogP contribution in [0.4, 0.5) is 10.2 Å². The van der Waals surface area contributed by atoms with Gasteiger partial charge < -0.3 is 4.90 Å². The number of anilines is 1. The molecule has 0 amide bonds. The van der Waals surface area contributed by atoms with E-state index in [-0.39, 0.29) is 0 Å². The molecule has 1 fully saturated rings. The minimum Gasteiger partial charge on any atom is -0.355 e. The first-order valence-electron chi connectivity index (χ1n) is 8.09. The smallest absolute Gasteiger partial charge is 0.214 e. The Hall–Kier alpha value is -3.18. The largest absolute Gasteiger partial charge is 0.355 e. The summed E-state index contributed by atoms with van der Waals surface area (Å²) in [6.07, 6.45) is 5.07. The first-order valence-corrected chi connectivity index (χ1v) is 8.09. The van der Waals surface area contributed by atoms with Crippen molar-refractivity contribution in [3.05, 3.63) is 64.9 Å². The second kappa shape index (κ2) is 7.59. The van der Waals surface area contributed by atoms with Gasteiger partial charge in [-0.3, -0.25) is 0 Å². The Morgan fingerprint density at radius 2 is 2.04 bits per heavy atom. The van der Waals surface area contributed by atoms with Crippen molar-refractivity contribution in [1.29, 1.82) is 5.26 Å². The van der Waals surface area contributed by atoms with Gasteiger partial charge in [-0.05, 0) is 44.0 Å². The molecule has 2 aromatic rings. The van der Waals surface area contributed by atoms with Crippen LogP contribution in [0.3, 0.4) is 0 Å². The number of nitrogens with zero attached hydrogens (tertiary/aromatic N) is 4. The van der Waals surface area contributed by atoms with Crippen LogP contribution in [0.2, 0.25) is 0 Å². The molecule has 2 aromatic heterocycles. The van der Waals surface area contributed by atoms with Crippen molar-refractivity contribution in [1.82, 2.24) is 9.97 Å². The summed E-state index contributed by atoms with van der Waals surface area (Å²) < 4.78 is 13.0. The highest BCUT2D eigenvalue weighted by Gasteiger charge is 2.18. The minimum absolute atomic E-state index is 0.522. The van der Waals surface area contributed by atoms with Gasteiger partial charge in [0.25, 0.3) is 0 Å². The Balaban J connectivity index is 1.67. The SMILES string of the molecule is Cc1ccc(C#N)c(N2CCC(=CC#Cc3ccnc(F)c3)CC2)n1. The van der Waals surface area contributed by atoms with Gasteiger partial charge in [-0.2, -0.15) is 9.65 Å². The normalized spacial score (nSPS) is 13.6. The molecule has 0 spiro atoms. The predicted molar refractivity (Wildman–Crippen MR) is 94.3 cm³/mol. The van der Waals surface area contributed by atoms with Crippen molar-refractivity contribution in [2.45, 2.75) is 19.8 Å². The number of aryl methyl sites for hydroxylation is 1. The average Bonchev–Trinajstić information content (AvgIpc) is 2.62. The predicted octanol–water partition coefficient (Wildman–Crippen LogP) is 3.37. The summed E-state index contributed by atoms with van der Waals surface area (Å²) in [5, 5.41) is 9.26. The number of nitriles is 1. The van der Waals surface area contributed by atoms with E-state index in [1.807, 2.05) is 25.1 Å². The Labute approximate surface area is 146 Å². The molecule has 0 aliphatic carbocycles. The number of allylic oxidation sites excluding steroid dienone is 1. The number of hydrogen-bond donors (Lipinski definition) is 0. The average molecular weight is 332 g/mol. The minimum atomic E-state index is -0.522. The third kappa shape index (κ3) is 4.22. The summed E-state index contributed by atoms with van der Waals surface area (Å²) in [6, 6.07) is 8.89. The van der Waals surface area contributed by atoms with Crippen molar-refractivity contribution >= 4 is 5.82 Å². The van der Waals surface area contributed by atoms with Crippen molar-refractivity contribution in [3.63, 3.8) is 0 Å². The third-order valence-electron chi connectivity index (χ3n) is 4.06. The topological polar surface area (TPSA) is 52.8 Å². The Bertz CT molecular complexity index is 905. The van der Waals surface area contributed by atoms with Crippen LogP contribution in [-0.4, -0.2) is 23.1 Å². The number of hydrogen-bond acceptors (Lipinski definition) is 4. The summed E-state index contributed by atoms with van der Waals surface area (Å²) in [7, 11) is 0. The first kappa shape index (κ1) is 16.7. The molecule has 1 aliphatic heterocycles. The Kier molecular flexibility index (Phi) is 5.06. The first-order chi connectivity index (χ1) is 12.2. The van der Waals surface area contributed by atoms with Gasteiger partial charge in [-0.25, -0.2) is 9.97 Å². The lowest BCUT2D eigenvalue weighted by molar-refractivity contribution is 0.583. The lowest BCUT2D eigenvalue weighted by Crippen LogP contribution is -2.32. The number of aromatic nitrogens is 2. The standard InChI is InChI=1S/C20H17FN4/c1-15-5-6-18(14-22)20(24-15)25-11-8-16(9-12-25)3-2-4-17-7-10-23-19(21)13-17/h3,5-7,10,13H,8-9,11-12H2,1H3. The maximum atomic E-state index is 13.0. The Morgan fingerprint density at radius 3 is 2.76 bits per heavy atom. The van der Waals surface area contributed by atoms with E-state index in [2.05, 4.69) is 32.8 Å². The monoisotopic (exact) mass is 332 g/mol. The quantitative estimate of drug-likeness (QED) is 0.593. The Morgan fingerprint density at radius 1 is 1.24 bits per heavy atom. The molecule has 1 aliphatic rings. The van der Waals surface area contributed by atoms with Crippen LogP contribution in [0.5, 0.6) is 0 Å². The van der Waals surface area contributed by atoms with E-state index in [0.717, 1.165) is 37.4 Å². The van der Waals surface area contributed by atoms with E-state index >= 15 is 0 Å². The van der Waals surface area contributed by atoms with Crippen molar-refractivity contribution in [2.24, 2.45) is 0 Å². The number of rotatable bonds is 1. The van der Waals surface area contributed by atoms with Gasteiger partial charge in [-0.1, -0.05) is 17.4 Å². The second-order valence-electron chi connectivity index (χ2n) is 5.86. The fourth-order valence-electron chi connectivity index (χ4n) is 2.72. The lowest BCUT2D eigenvalue weighted by Gasteiger charge is -2.30. The molecule has 1 saturated heterocycles. The molecule has 4 nitrogen and oxygen atoms in total. The molecule has 3 heterocycles. The molecule has 0 atom stereocenters. The van der Waals surface area contributed by atoms with Gasteiger partial charge in [0.15, 0.2) is 0 Å². The number of halogens is 1. The van der Waals surface area contributed by atoms with E-state index < -0.39 is 5.95 Å². The third-order valence-corrected chi connectivity index (χ3v) is 4.06. The number of pyridine rings is 2. The van der Waals surface area contributed by atoms with E-state index in [0.29, 0.717) is 11.1 Å². The summed E-state index contributed by atoms with van der Waals surface area (Å²) in [4.78, 5) is 10.2. The van der Waals surface area contributed by atoms with Gasteiger partial charge in [0.05, 0.1) is 5.56 Å². The van der Waals surface area contributed by atoms with Crippen LogP contribution in [0.25, 0.3) is 0 Å². The van der Waals surface area contributed by atoms with E-state index in [4.69, 9.17) is 0 Å². The molecular weight excluding hydrogens is 315 g/mol. The zero-order valence-corrected chi connectivity index (χ0v) is 14.0. The molecule has 0 radical (unpaired) electrons. The maximum Gasteiger partial charge on any atom is 0.214 e. The molecule has 0 aromatic carbocycles. The van der Waals surface area contributed by atoms with Crippen LogP contribution in [0, 0.1) is 36.0 Å². The van der Waals surface area contributed by atoms with Crippen LogP contribution < -0.4 is 4.90 Å². The van der Waals surface area contributed by atoms with E-state index in [1.165, 1.54) is 17.8 Å². The molecule has 0 N–H and O–H groups in total. The van der Waals surface area contributed by atoms with Gasteiger partial charge >= 0.3 is 0 Å². The summed E-state index contributed by atoms with van der Waals surface area (Å²) >= 11 is 0. The van der Waals surface area contributed by atoms with Crippen LogP contribution >= 0.6 is 0 Å². The summed E-state index contributed by atoms with van der Waals surface area (Å²) in [6.45, 7) is 3.54. The van der Waals surface area contributed by atoms with E-state index in [1.54, 1.807) is 6.07 Å². The maximum absolute atomic E-state index is 13.0. The highest BCUT2D eigenvalue weighted by molar-refractivity contribution is 5.55. The van der Waals surface area contributed by atoms with E-state index in [9.17, 15) is 9.65 Å². The molecule has 0 saturated carbocycles. The second-order valence-corrected chi connectivity index (χ2v) is 5.86. The molecule has 3 rings (SSSR count). The van der Waals surface area contributed by atoms with Gasteiger partial charge in [-0.15, -0.1) is 0 Å². The number of piperidine rings is 1. The molecule has 25 heavy (non-hydrogen) atoms. The summed E-state index contributed by atoms with van der Waals surface area (Å²) in [5.74, 6) is 6.16. The molecular formula is C20H17FN4. The van der Waals surface area contributed by atoms with Crippen LogP contribution in [-0.2, 0) is 0 Å². The molecule has 124 valence electrons. The van der Waals surface area contributed by atoms with Gasteiger partial charge in [0, 0.05) is 36.6 Å². The lowest BCUT2D eigenvalue weighted by atomic mass is 10.0. The zero-order valence-electron chi connectivity index (χ0n) is 14.0.